The summed E-state index contributed by atoms with van der Waals surface area (Å²) in [6.07, 6.45) is 7.38. The molecule has 0 amide bonds. The SMILES string of the molecule is c1cnc2c(c1)ccc1ccc(-c3ccc(-c4cnc(-c5ccc(-c6ccc7ccc8cccnc8c7n6)cc5)nc4)cc3)nc12. The second kappa shape index (κ2) is 10.6. The summed E-state index contributed by atoms with van der Waals surface area (Å²) in [7, 11) is 0. The zero-order chi connectivity index (χ0) is 30.5. The molecular formula is C40H24N6. The van der Waals surface area contributed by atoms with Crippen molar-refractivity contribution in [2.75, 3.05) is 0 Å². The van der Waals surface area contributed by atoms with Crippen LogP contribution in [0.2, 0.25) is 0 Å². The van der Waals surface area contributed by atoms with Crippen LogP contribution in [0.25, 0.3) is 88.6 Å². The van der Waals surface area contributed by atoms with Gasteiger partial charge >= 0.3 is 0 Å². The van der Waals surface area contributed by atoms with Gasteiger partial charge in [0, 0.05) is 68.6 Å². The lowest BCUT2D eigenvalue weighted by Crippen LogP contribution is -1.91. The van der Waals surface area contributed by atoms with Gasteiger partial charge in [-0.15, -0.1) is 0 Å². The van der Waals surface area contributed by atoms with Gasteiger partial charge in [-0.2, -0.15) is 0 Å². The number of rotatable bonds is 4. The van der Waals surface area contributed by atoms with Gasteiger partial charge in [0.15, 0.2) is 5.82 Å². The van der Waals surface area contributed by atoms with Gasteiger partial charge in [-0.25, -0.2) is 19.9 Å². The van der Waals surface area contributed by atoms with Gasteiger partial charge in [-0.05, 0) is 29.8 Å². The first kappa shape index (κ1) is 26.0. The summed E-state index contributed by atoms with van der Waals surface area (Å²) in [5.74, 6) is 0.676. The molecule has 0 saturated heterocycles. The van der Waals surface area contributed by atoms with E-state index in [4.69, 9.17) is 19.9 Å². The van der Waals surface area contributed by atoms with Gasteiger partial charge in [-0.1, -0.05) is 97.1 Å². The maximum Gasteiger partial charge on any atom is 0.159 e. The van der Waals surface area contributed by atoms with E-state index in [2.05, 4.69) is 107 Å². The molecule has 0 aliphatic heterocycles. The summed E-state index contributed by atoms with van der Waals surface area (Å²) in [4.78, 5) is 28.5. The van der Waals surface area contributed by atoms with E-state index >= 15 is 0 Å². The van der Waals surface area contributed by atoms with E-state index < -0.39 is 0 Å². The molecule has 6 nitrogen and oxygen atoms in total. The summed E-state index contributed by atoms with van der Waals surface area (Å²) in [6.45, 7) is 0. The monoisotopic (exact) mass is 588 g/mol. The van der Waals surface area contributed by atoms with Gasteiger partial charge in [0.2, 0.25) is 0 Å². The maximum atomic E-state index is 4.98. The number of pyridine rings is 4. The second-order valence-corrected chi connectivity index (χ2v) is 11.3. The summed E-state index contributed by atoms with van der Waals surface area (Å²) in [5.41, 5.74) is 10.5. The van der Waals surface area contributed by atoms with Crippen molar-refractivity contribution in [3.8, 4) is 45.0 Å². The third-order valence-corrected chi connectivity index (χ3v) is 8.47. The quantitative estimate of drug-likeness (QED) is 0.191. The maximum absolute atomic E-state index is 4.98. The molecule has 0 radical (unpaired) electrons. The number of hydrogen-bond acceptors (Lipinski definition) is 6. The van der Waals surface area contributed by atoms with Crippen LogP contribution >= 0.6 is 0 Å². The first-order valence-corrected chi connectivity index (χ1v) is 15.1. The zero-order valence-corrected chi connectivity index (χ0v) is 24.5. The van der Waals surface area contributed by atoms with Crippen LogP contribution in [0.15, 0.2) is 146 Å². The molecule has 5 aromatic heterocycles. The van der Waals surface area contributed by atoms with Gasteiger partial charge in [0.1, 0.15) is 0 Å². The van der Waals surface area contributed by atoms with Crippen molar-refractivity contribution in [1.29, 1.82) is 0 Å². The minimum Gasteiger partial charge on any atom is -0.254 e. The van der Waals surface area contributed by atoms with Crippen LogP contribution < -0.4 is 0 Å². The highest BCUT2D eigenvalue weighted by molar-refractivity contribution is 6.04. The number of benzene rings is 4. The fraction of sp³-hybridized carbons (Fsp3) is 0. The molecule has 9 aromatic rings. The van der Waals surface area contributed by atoms with E-state index in [1.807, 2.05) is 49.1 Å². The van der Waals surface area contributed by atoms with Gasteiger partial charge < -0.3 is 0 Å². The highest BCUT2D eigenvalue weighted by atomic mass is 14.9. The van der Waals surface area contributed by atoms with Gasteiger partial charge in [0.05, 0.1) is 33.5 Å². The van der Waals surface area contributed by atoms with Crippen molar-refractivity contribution in [3.63, 3.8) is 0 Å². The van der Waals surface area contributed by atoms with Crippen LogP contribution in [-0.2, 0) is 0 Å². The Morgan fingerprint density at radius 2 is 0.717 bits per heavy atom. The van der Waals surface area contributed by atoms with Crippen molar-refractivity contribution in [3.05, 3.63) is 146 Å². The standard InChI is InChI=1S/C40H24N6/c1-3-28-11-13-30-17-19-34(45-38(30)36(28)41-21-1)26-7-5-25(6-8-26)33-23-43-40(44-24-33)32-15-9-27(10-16-32)35-20-18-31-14-12-29-4-2-22-42-37(29)39(31)46-35/h1-24H. The fourth-order valence-electron chi connectivity index (χ4n) is 6.02. The predicted octanol–water partition coefficient (Wildman–Crippen LogP) is 9.34. The molecule has 46 heavy (non-hydrogen) atoms. The van der Waals surface area contributed by atoms with Crippen LogP contribution in [0.3, 0.4) is 0 Å². The Bertz CT molecular complexity index is 2380. The smallest absolute Gasteiger partial charge is 0.159 e. The molecule has 0 unspecified atom stereocenters. The molecule has 0 bridgehead atoms. The highest BCUT2D eigenvalue weighted by Gasteiger charge is 2.10. The topological polar surface area (TPSA) is 77.3 Å². The molecule has 0 aliphatic rings. The Labute approximate surface area is 264 Å². The van der Waals surface area contributed by atoms with Crippen LogP contribution in [0.4, 0.5) is 0 Å². The van der Waals surface area contributed by atoms with E-state index in [0.717, 1.165) is 82.8 Å². The Balaban J connectivity index is 0.960. The van der Waals surface area contributed by atoms with Crippen molar-refractivity contribution < 1.29 is 0 Å². The lowest BCUT2D eigenvalue weighted by atomic mass is 10.0. The molecule has 214 valence electrons. The van der Waals surface area contributed by atoms with E-state index in [9.17, 15) is 0 Å². The second-order valence-electron chi connectivity index (χ2n) is 11.3. The summed E-state index contributed by atoms with van der Waals surface area (Å²) in [6, 6.07) is 41.3. The Hall–Kier alpha value is -6.40. The minimum absolute atomic E-state index is 0.676. The largest absolute Gasteiger partial charge is 0.254 e. The molecule has 0 aliphatic carbocycles. The fourth-order valence-corrected chi connectivity index (χ4v) is 6.02. The summed E-state index contributed by atoms with van der Waals surface area (Å²) in [5, 5.41) is 4.32. The third kappa shape index (κ3) is 4.52. The molecule has 4 aromatic carbocycles. The van der Waals surface area contributed by atoms with Crippen molar-refractivity contribution >= 4 is 43.6 Å². The molecule has 0 atom stereocenters. The number of aromatic nitrogens is 6. The Kier molecular flexibility index (Phi) is 6.03. The van der Waals surface area contributed by atoms with E-state index in [0.29, 0.717) is 5.82 Å². The number of hydrogen-bond donors (Lipinski definition) is 0. The number of fused-ring (bicyclic) bond motifs is 6. The summed E-state index contributed by atoms with van der Waals surface area (Å²) >= 11 is 0. The normalized spacial score (nSPS) is 11.5. The van der Waals surface area contributed by atoms with Crippen LogP contribution in [0, 0.1) is 0 Å². The van der Waals surface area contributed by atoms with E-state index in [1.54, 1.807) is 0 Å². The zero-order valence-electron chi connectivity index (χ0n) is 24.5. The molecule has 0 N–H and O–H groups in total. The number of nitrogens with zero attached hydrogens (tertiary/aromatic N) is 6. The molecule has 6 heteroatoms. The molecule has 9 rings (SSSR count). The van der Waals surface area contributed by atoms with Gasteiger partial charge in [-0.3, -0.25) is 9.97 Å². The Morgan fingerprint density at radius 1 is 0.304 bits per heavy atom. The highest BCUT2D eigenvalue weighted by Crippen LogP contribution is 2.30. The lowest BCUT2D eigenvalue weighted by molar-refractivity contribution is 1.18. The van der Waals surface area contributed by atoms with Crippen LogP contribution in [0.1, 0.15) is 0 Å². The molecular weight excluding hydrogens is 564 g/mol. The van der Waals surface area contributed by atoms with Crippen LogP contribution in [0.5, 0.6) is 0 Å². The van der Waals surface area contributed by atoms with E-state index in [-0.39, 0.29) is 0 Å². The van der Waals surface area contributed by atoms with Gasteiger partial charge in [0.25, 0.3) is 0 Å². The average molecular weight is 589 g/mol. The first-order valence-electron chi connectivity index (χ1n) is 15.1. The van der Waals surface area contributed by atoms with Crippen molar-refractivity contribution in [2.45, 2.75) is 0 Å². The third-order valence-electron chi connectivity index (χ3n) is 8.47. The lowest BCUT2D eigenvalue weighted by Gasteiger charge is -2.08. The predicted molar refractivity (Wildman–Crippen MR) is 185 cm³/mol. The Morgan fingerprint density at radius 3 is 1.22 bits per heavy atom. The van der Waals surface area contributed by atoms with Crippen LogP contribution in [-0.4, -0.2) is 29.9 Å². The molecule has 0 spiro atoms. The molecule has 0 fully saturated rings. The first-order chi connectivity index (χ1) is 22.8. The van der Waals surface area contributed by atoms with E-state index in [1.165, 1.54) is 0 Å². The molecule has 0 saturated carbocycles. The molecule has 5 heterocycles. The van der Waals surface area contributed by atoms with Crippen molar-refractivity contribution in [1.82, 2.24) is 29.9 Å². The average Bonchev–Trinajstić information content (AvgIpc) is 3.14. The van der Waals surface area contributed by atoms with Crippen molar-refractivity contribution in [2.24, 2.45) is 0 Å². The summed E-state index contributed by atoms with van der Waals surface area (Å²) < 4.78 is 0. The minimum atomic E-state index is 0.676.